The Morgan fingerprint density at radius 1 is 0.357 bits per heavy atom. The molecule has 0 N–H and O–H groups in total. The van der Waals surface area contributed by atoms with Crippen LogP contribution in [0.25, 0.3) is 0 Å². The molecule has 0 atom stereocenters. The number of rotatable bonds is 12. The summed E-state index contributed by atoms with van der Waals surface area (Å²) in [6, 6.07) is 0. The second-order valence-corrected chi connectivity index (χ2v) is 38.4. The normalized spacial score (nSPS) is 15.4. The van der Waals surface area contributed by atoms with Gasteiger partial charge in [0.1, 0.15) is 0 Å². The first-order valence-corrected chi connectivity index (χ1v) is 30.1. The van der Waals surface area contributed by atoms with Gasteiger partial charge >= 0.3 is 35.2 Å². The number of hydrogen-bond acceptors (Lipinski definition) is 6. The van der Waals surface area contributed by atoms with Crippen LogP contribution in [-0.2, 0) is 24.7 Å². The molecule has 0 fully saturated rings. The van der Waals surface area contributed by atoms with Crippen molar-refractivity contribution in [2.75, 3.05) is 0 Å². The van der Waals surface area contributed by atoms with Gasteiger partial charge in [-0.1, -0.05) is 0 Å². The maximum atomic E-state index is 6.50. The number of hydrogen-bond donors (Lipinski definition) is 0. The molecule has 0 aromatic rings. The Bertz CT molecular complexity index is 423. The molecular weight excluding hydrogens is 473 g/mol. The van der Waals surface area contributed by atoms with Crippen molar-refractivity contribution >= 4 is 60.2 Å². The maximum absolute atomic E-state index is 6.50. The van der Waals surface area contributed by atoms with Gasteiger partial charge in [-0.15, -0.1) is 0 Å². The summed E-state index contributed by atoms with van der Waals surface area (Å²) in [5.74, 6) is 0. The summed E-state index contributed by atoms with van der Waals surface area (Å²) < 4.78 is 38.7. The van der Waals surface area contributed by atoms with Gasteiger partial charge in [-0.05, 0) is 98.2 Å². The lowest BCUT2D eigenvalue weighted by Gasteiger charge is -2.40. The molecule has 0 aromatic carbocycles. The van der Waals surface area contributed by atoms with Crippen molar-refractivity contribution in [3.8, 4) is 0 Å². The molecule has 0 rings (SSSR count). The van der Waals surface area contributed by atoms with Crippen LogP contribution in [0, 0.1) is 0 Å². The maximum Gasteiger partial charge on any atom is 0.457 e. The quantitative estimate of drug-likeness (QED) is 0.322. The fourth-order valence-electron chi connectivity index (χ4n) is 3.05. The lowest BCUT2D eigenvalue weighted by molar-refractivity contribution is 0.227. The Labute approximate surface area is 182 Å². The van der Waals surface area contributed by atoms with E-state index in [0.29, 0.717) is 0 Å². The average Bonchev–Trinajstić information content (AvgIpc) is 2.12. The van der Waals surface area contributed by atoms with Crippen LogP contribution < -0.4 is 0 Å². The summed E-state index contributed by atoms with van der Waals surface area (Å²) >= 11 is 0. The Hall–Kier alpha value is 1.28. The van der Waals surface area contributed by atoms with Crippen molar-refractivity contribution in [3.63, 3.8) is 0 Å². The molecule has 0 spiro atoms. The molecule has 6 nitrogen and oxygen atoms in total. The van der Waals surface area contributed by atoms with Gasteiger partial charge in [-0.3, -0.25) is 0 Å². The van der Waals surface area contributed by atoms with E-state index in [1.165, 1.54) is 0 Å². The van der Waals surface area contributed by atoms with Crippen LogP contribution in [0.5, 0.6) is 0 Å². The Balaban J connectivity index is 5.54. The molecule has 0 saturated heterocycles. The van der Waals surface area contributed by atoms with Crippen molar-refractivity contribution in [3.05, 3.63) is 0 Å². The fourth-order valence-corrected chi connectivity index (χ4v) is 30.1. The van der Waals surface area contributed by atoms with Gasteiger partial charge in [0, 0.05) is 0 Å². The third kappa shape index (κ3) is 16.0. The lowest BCUT2D eigenvalue weighted by Crippen LogP contribution is -2.58. The predicted octanol–water partition coefficient (Wildman–Crippen LogP) is 5.41. The average molecular weight is 519 g/mol. The molecule has 0 amide bonds. The fraction of sp³-hybridized carbons (Fsp3) is 1.00. The standard InChI is InChI=1S/C15H46O6Si7/c1-23(2,3)19-26(10,11)16-22(17-27(12,13)20-24(4,5)6)18-28(14,15)21-25(7,8)9/h22H,1-15H3. The van der Waals surface area contributed by atoms with E-state index in [2.05, 4.69) is 98.2 Å². The SMILES string of the molecule is C[Si](C)(C)O[Si](C)(C)O[SiH](O[Si](C)(C)O[Si](C)(C)C)O[Si](C)(C)O[Si](C)(C)C. The topological polar surface area (TPSA) is 55.4 Å². The van der Waals surface area contributed by atoms with Gasteiger partial charge in [-0.25, -0.2) is 0 Å². The molecule has 0 aliphatic heterocycles. The molecule has 0 radical (unpaired) electrons. The van der Waals surface area contributed by atoms with Crippen molar-refractivity contribution in [2.24, 2.45) is 0 Å². The van der Waals surface area contributed by atoms with Crippen LogP contribution in [0.2, 0.25) is 98.2 Å². The van der Waals surface area contributed by atoms with E-state index in [4.69, 9.17) is 24.7 Å². The van der Waals surface area contributed by atoms with Crippen molar-refractivity contribution < 1.29 is 24.7 Å². The first kappa shape index (κ1) is 29.3. The van der Waals surface area contributed by atoms with Crippen molar-refractivity contribution in [1.29, 1.82) is 0 Å². The van der Waals surface area contributed by atoms with Crippen molar-refractivity contribution in [2.45, 2.75) is 98.2 Å². The highest BCUT2D eigenvalue weighted by Gasteiger charge is 2.44. The van der Waals surface area contributed by atoms with Crippen LogP contribution >= 0.6 is 0 Å². The minimum absolute atomic E-state index is 1.73. The minimum Gasteiger partial charge on any atom is -0.437 e. The molecule has 0 aliphatic carbocycles. The van der Waals surface area contributed by atoms with Gasteiger partial charge < -0.3 is 24.7 Å². The van der Waals surface area contributed by atoms with E-state index in [0.717, 1.165) is 0 Å². The third-order valence-corrected chi connectivity index (χ3v) is 25.2. The molecule has 28 heavy (non-hydrogen) atoms. The lowest BCUT2D eigenvalue weighted by atomic mass is 11.8. The van der Waals surface area contributed by atoms with E-state index >= 15 is 0 Å². The van der Waals surface area contributed by atoms with E-state index in [-0.39, 0.29) is 0 Å². The van der Waals surface area contributed by atoms with E-state index < -0.39 is 60.2 Å². The summed E-state index contributed by atoms with van der Waals surface area (Å²) in [6.07, 6.45) is 0. The zero-order valence-corrected chi connectivity index (χ0v) is 28.2. The molecule has 13 heteroatoms. The first-order chi connectivity index (χ1) is 11.9. The van der Waals surface area contributed by atoms with Crippen molar-refractivity contribution in [1.82, 2.24) is 0 Å². The second-order valence-electron chi connectivity index (χ2n) is 11.5. The van der Waals surface area contributed by atoms with Crippen LogP contribution in [0.1, 0.15) is 0 Å². The smallest absolute Gasteiger partial charge is 0.437 e. The molecule has 0 unspecified atom stereocenters. The summed E-state index contributed by atoms with van der Waals surface area (Å²) in [4.78, 5) is 0. The Kier molecular flexibility index (Phi) is 10.3. The highest BCUT2D eigenvalue weighted by atomic mass is 28.5. The molecule has 0 saturated carbocycles. The summed E-state index contributed by atoms with van der Waals surface area (Å²) in [6.45, 7) is 32.2. The van der Waals surface area contributed by atoms with E-state index in [9.17, 15) is 0 Å². The highest BCUT2D eigenvalue weighted by Crippen LogP contribution is 2.24. The molecule has 0 aliphatic rings. The van der Waals surface area contributed by atoms with Crippen LogP contribution in [0.4, 0.5) is 0 Å². The van der Waals surface area contributed by atoms with E-state index in [1.54, 1.807) is 0 Å². The molecule has 0 heterocycles. The minimum atomic E-state index is -2.50. The van der Waals surface area contributed by atoms with Gasteiger partial charge in [0.05, 0.1) is 0 Å². The molecular formula is C15H46O6Si7. The zero-order valence-electron chi connectivity index (χ0n) is 21.0. The summed E-state index contributed by atoms with van der Waals surface area (Å²) in [5, 5.41) is 0. The highest BCUT2D eigenvalue weighted by molar-refractivity contribution is 6.88. The molecule has 0 aromatic heterocycles. The third-order valence-electron chi connectivity index (χ3n) is 2.80. The Morgan fingerprint density at radius 2 is 0.536 bits per heavy atom. The van der Waals surface area contributed by atoms with Crippen LogP contribution in [0.3, 0.4) is 0 Å². The summed E-state index contributed by atoms with van der Waals surface area (Å²) in [7, 11) is -14.9. The van der Waals surface area contributed by atoms with E-state index in [1.807, 2.05) is 0 Å². The monoisotopic (exact) mass is 518 g/mol. The van der Waals surface area contributed by atoms with Gasteiger partial charge in [0.15, 0.2) is 25.0 Å². The molecule has 0 bridgehead atoms. The Morgan fingerprint density at radius 3 is 0.679 bits per heavy atom. The molecule has 170 valence electrons. The second kappa shape index (κ2) is 9.82. The van der Waals surface area contributed by atoms with Gasteiger partial charge in [-0.2, -0.15) is 0 Å². The zero-order chi connectivity index (χ0) is 22.8. The van der Waals surface area contributed by atoms with Crippen LogP contribution in [-0.4, -0.2) is 60.2 Å². The van der Waals surface area contributed by atoms with Gasteiger partial charge in [0.2, 0.25) is 0 Å². The van der Waals surface area contributed by atoms with Gasteiger partial charge in [0.25, 0.3) is 0 Å². The first-order valence-electron chi connectivity index (χ1n) is 10.0. The predicted molar refractivity (Wildman–Crippen MR) is 136 cm³/mol. The summed E-state index contributed by atoms with van der Waals surface area (Å²) in [5.41, 5.74) is 0. The largest absolute Gasteiger partial charge is 0.457 e. The van der Waals surface area contributed by atoms with Crippen LogP contribution in [0.15, 0.2) is 0 Å².